The quantitative estimate of drug-likeness (QED) is 0.795. The van der Waals surface area contributed by atoms with Crippen molar-refractivity contribution in [1.82, 2.24) is 15.3 Å². The number of likely N-dealkylation sites (N-methyl/N-ethyl adjacent to an activating group) is 1. The molecule has 18 heavy (non-hydrogen) atoms. The molecule has 0 aliphatic carbocycles. The minimum atomic E-state index is -0.994. The molecule has 1 rings (SSSR count). The third-order valence-electron chi connectivity index (χ3n) is 3.41. The predicted octanol–water partition coefficient (Wildman–Crippen LogP) is 1.28. The Balaban J connectivity index is 2.58. The highest BCUT2D eigenvalue weighted by molar-refractivity contribution is 5.79. The number of hydrazine groups is 1. The fourth-order valence-electron chi connectivity index (χ4n) is 2.31. The highest BCUT2D eigenvalue weighted by Crippen LogP contribution is 2.20. The van der Waals surface area contributed by atoms with Crippen LogP contribution < -0.4 is 5.43 Å². The van der Waals surface area contributed by atoms with Crippen molar-refractivity contribution in [2.24, 2.45) is 0 Å². The minimum Gasteiger partial charge on any atom is -0.480 e. The molecule has 0 bridgehead atoms. The lowest BCUT2D eigenvalue weighted by Crippen LogP contribution is -2.57. The van der Waals surface area contributed by atoms with E-state index >= 15 is 0 Å². The van der Waals surface area contributed by atoms with E-state index in [1.165, 1.54) is 11.3 Å². The number of carbonyl (C=O) groups is 2. The highest BCUT2D eigenvalue weighted by Gasteiger charge is 2.27. The molecule has 1 fully saturated rings. The topological polar surface area (TPSA) is 72.9 Å². The van der Waals surface area contributed by atoms with Gasteiger partial charge in [0.05, 0.1) is 0 Å². The van der Waals surface area contributed by atoms with Crippen molar-refractivity contribution >= 4 is 12.0 Å². The van der Waals surface area contributed by atoms with Gasteiger partial charge in [-0.2, -0.15) is 0 Å². The van der Waals surface area contributed by atoms with Gasteiger partial charge in [0.1, 0.15) is 6.54 Å². The molecular weight excluding hydrogens is 234 g/mol. The number of nitrogens with one attached hydrogen (secondary N) is 1. The molecule has 0 spiro atoms. The molecule has 0 aromatic rings. The zero-order chi connectivity index (χ0) is 13.7. The first-order chi connectivity index (χ1) is 8.45. The van der Waals surface area contributed by atoms with Crippen LogP contribution in [-0.2, 0) is 4.79 Å². The third-order valence-corrected chi connectivity index (χ3v) is 3.41. The lowest BCUT2D eigenvalue weighted by Gasteiger charge is -2.39. The Morgan fingerprint density at radius 2 is 1.89 bits per heavy atom. The van der Waals surface area contributed by atoms with Gasteiger partial charge < -0.3 is 10.0 Å². The number of rotatable bonds is 4. The van der Waals surface area contributed by atoms with E-state index in [1.807, 2.05) is 5.01 Å². The van der Waals surface area contributed by atoms with E-state index in [9.17, 15) is 9.59 Å². The van der Waals surface area contributed by atoms with E-state index < -0.39 is 5.97 Å². The number of hydrogen-bond acceptors (Lipinski definition) is 3. The number of carboxylic acids is 1. The van der Waals surface area contributed by atoms with Crippen LogP contribution in [0.4, 0.5) is 4.79 Å². The van der Waals surface area contributed by atoms with Crippen LogP contribution >= 0.6 is 0 Å². The van der Waals surface area contributed by atoms with Crippen molar-refractivity contribution in [3.8, 4) is 0 Å². The second kappa shape index (κ2) is 6.58. The normalized spacial score (nSPS) is 24.6. The Labute approximate surface area is 108 Å². The van der Waals surface area contributed by atoms with Crippen molar-refractivity contribution in [1.29, 1.82) is 0 Å². The van der Waals surface area contributed by atoms with Crippen LogP contribution in [0.25, 0.3) is 0 Å². The van der Waals surface area contributed by atoms with E-state index in [4.69, 9.17) is 5.11 Å². The van der Waals surface area contributed by atoms with Gasteiger partial charge in [-0.05, 0) is 33.6 Å². The molecular formula is C12H23N3O3. The van der Waals surface area contributed by atoms with E-state index in [-0.39, 0.29) is 12.6 Å². The van der Waals surface area contributed by atoms with Crippen molar-refractivity contribution in [3.63, 3.8) is 0 Å². The zero-order valence-corrected chi connectivity index (χ0v) is 11.3. The van der Waals surface area contributed by atoms with Gasteiger partial charge in [-0.15, -0.1) is 0 Å². The number of urea groups is 1. The number of carbonyl (C=O) groups excluding carboxylic acids is 1. The number of aliphatic carboxylic acids is 1. The van der Waals surface area contributed by atoms with Crippen LogP contribution in [0.2, 0.25) is 0 Å². The largest absolute Gasteiger partial charge is 0.480 e. The monoisotopic (exact) mass is 257 g/mol. The van der Waals surface area contributed by atoms with Gasteiger partial charge in [0.25, 0.3) is 0 Å². The second-order valence-electron chi connectivity index (χ2n) is 4.86. The lowest BCUT2D eigenvalue weighted by molar-refractivity contribution is -0.137. The summed E-state index contributed by atoms with van der Waals surface area (Å²) >= 11 is 0. The van der Waals surface area contributed by atoms with Gasteiger partial charge in [-0.1, -0.05) is 6.42 Å². The summed E-state index contributed by atoms with van der Waals surface area (Å²) in [5, 5.41) is 10.7. The van der Waals surface area contributed by atoms with Crippen LogP contribution in [-0.4, -0.2) is 52.2 Å². The van der Waals surface area contributed by atoms with Gasteiger partial charge in [-0.3, -0.25) is 10.2 Å². The summed E-state index contributed by atoms with van der Waals surface area (Å²) in [6.45, 7) is 6.03. The Morgan fingerprint density at radius 3 is 2.33 bits per heavy atom. The Hall–Kier alpha value is -1.30. The van der Waals surface area contributed by atoms with Crippen molar-refractivity contribution in [2.75, 3.05) is 13.1 Å². The standard InChI is InChI=1S/C12H23N3O3/c1-4-14(8-11(16)17)12(18)13-15-9(2)6-5-7-10(15)3/h9-10H,4-8H2,1-3H3,(H,13,18)(H,16,17). The number of hydrogen-bond donors (Lipinski definition) is 2. The van der Waals surface area contributed by atoms with Gasteiger partial charge in [0.15, 0.2) is 0 Å². The molecule has 1 aliphatic rings. The Bertz CT molecular complexity index is 299. The number of carboxylic acid groups (broad SMARTS) is 1. The molecule has 2 amide bonds. The predicted molar refractivity (Wildman–Crippen MR) is 68.0 cm³/mol. The molecule has 1 saturated heterocycles. The fraction of sp³-hybridized carbons (Fsp3) is 0.833. The molecule has 104 valence electrons. The SMILES string of the molecule is CCN(CC(=O)O)C(=O)NN1C(C)CCCC1C. The molecule has 1 aliphatic heterocycles. The van der Waals surface area contributed by atoms with Crippen molar-refractivity contribution in [3.05, 3.63) is 0 Å². The summed E-state index contributed by atoms with van der Waals surface area (Å²) in [5.74, 6) is -0.994. The molecule has 2 atom stereocenters. The first-order valence-corrected chi connectivity index (χ1v) is 6.51. The molecule has 0 radical (unpaired) electrons. The molecule has 6 heteroatoms. The molecule has 0 saturated carbocycles. The van der Waals surface area contributed by atoms with Crippen LogP contribution in [0.3, 0.4) is 0 Å². The zero-order valence-electron chi connectivity index (χ0n) is 11.3. The van der Waals surface area contributed by atoms with Gasteiger partial charge in [0, 0.05) is 18.6 Å². The van der Waals surface area contributed by atoms with E-state index in [2.05, 4.69) is 19.3 Å². The van der Waals surface area contributed by atoms with Gasteiger partial charge >= 0.3 is 12.0 Å². The molecule has 0 aromatic heterocycles. The lowest BCUT2D eigenvalue weighted by atomic mass is 10.00. The molecule has 6 nitrogen and oxygen atoms in total. The van der Waals surface area contributed by atoms with E-state index in [0.717, 1.165) is 12.8 Å². The van der Waals surface area contributed by atoms with Gasteiger partial charge in [0.2, 0.25) is 0 Å². The van der Waals surface area contributed by atoms with Crippen molar-refractivity contribution < 1.29 is 14.7 Å². The maximum absolute atomic E-state index is 12.0. The van der Waals surface area contributed by atoms with Crippen LogP contribution in [0.1, 0.15) is 40.0 Å². The van der Waals surface area contributed by atoms with Gasteiger partial charge in [-0.25, -0.2) is 9.80 Å². The first-order valence-electron chi connectivity index (χ1n) is 6.51. The summed E-state index contributed by atoms with van der Waals surface area (Å²) in [4.78, 5) is 23.9. The van der Waals surface area contributed by atoms with E-state index in [0.29, 0.717) is 18.6 Å². The summed E-state index contributed by atoms with van der Waals surface area (Å²) < 4.78 is 0. The Kier molecular flexibility index (Phi) is 5.40. The first kappa shape index (κ1) is 14.8. The third kappa shape index (κ3) is 3.87. The molecule has 0 aromatic carbocycles. The maximum atomic E-state index is 12.0. The highest BCUT2D eigenvalue weighted by atomic mass is 16.4. The summed E-state index contributed by atoms with van der Waals surface area (Å²) in [6.07, 6.45) is 3.27. The fourth-order valence-corrected chi connectivity index (χ4v) is 2.31. The summed E-state index contributed by atoms with van der Waals surface area (Å²) in [7, 11) is 0. The average Bonchev–Trinajstić information content (AvgIpc) is 2.30. The van der Waals surface area contributed by atoms with Crippen molar-refractivity contribution in [2.45, 2.75) is 52.1 Å². The number of nitrogens with zero attached hydrogens (tertiary/aromatic N) is 2. The molecule has 2 unspecified atom stereocenters. The average molecular weight is 257 g/mol. The second-order valence-corrected chi connectivity index (χ2v) is 4.86. The molecule has 1 heterocycles. The summed E-state index contributed by atoms with van der Waals surface area (Å²) in [5.41, 5.74) is 2.83. The smallest absolute Gasteiger partial charge is 0.332 e. The van der Waals surface area contributed by atoms with Crippen LogP contribution in [0.15, 0.2) is 0 Å². The summed E-state index contributed by atoms with van der Waals surface area (Å²) in [6, 6.07) is 0.253. The van der Waals surface area contributed by atoms with Crippen LogP contribution in [0, 0.1) is 0 Å². The Morgan fingerprint density at radius 1 is 1.33 bits per heavy atom. The van der Waals surface area contributed by atoms with E-state index in [1.54, 1.807) is 6.92 Å². The minimum absolute atomic E-state index is 0.265. The molecule has 2 N–H and O–H groups in total. The number of piperidine rings is 1. The van der Waals surface area contributed by atoms with Crippen LogP contribution in [0.5, 0.6) is 0 Å². The maximum Gasteiger partial charge on any atom is 0.332 e. The number of amides is 2.